The minimum absolute atomic E-state index is 0.162. The van der Waals surface area contributed by atoms with Crippen molar-refractivity contribution in [2.75, 3.05) is 6.61 Å². The number of hydrogen-bond acceptors (Lipinski definition) is 3. The lowest BCUT2D eigenvalue weighted by molar-refractivity contribution is -0.140. The lowest BCUT2D eigenvalue weighted by Gasteiger charge is -2.18. The minimum atomic E-state index is -0.853. The van der Waals surface area contributed by atoms with Gasteiger partial charge >= 0.3 is 5.97 Å². The first-order valence-corrected chi connectivity index (χ1v) is 6.78. The van der Waals surface area contributed by atoms with Crippen LogP contribution in [0.3, 0.4) is 0 Å². The van der Waals surface area contributed by atoms with Crippen molar-refractivity contribution in [1.29, 1.82) is 0 Å². The second-order valence-electron chi connectivity index (χ2n) is 5.34. The van der Waals surface area contributed by atoms with E-state index < -0.39 is 12.0 Å². The van der Waals surface area contributed by atoms with Crippen LogP contribution in [-0.4, -0.2) is 29.8 Å². The molecule has 1 unspecified atom stereocenters. The molecule has 0 saturated heterocycles. The Bertz CT molecular complexity index is 441. The average Bonchev–Trinajstić information content (AvgIpc) is 3.18. The Hall–Kier alpha value is -1.55. The molecule has 0 bridgehead atoms. The van der Waals surface area contributed by atoms with Crippen LogP contribution >= 0.6 is 0 Å². The van der Waals surface area contributed by atoms with E-state index in [-0.39, 0.29) is 6.61 Å². The van der Waals surface area contributed by atoms with Crippen LogP contribution in [0.15, 0.2) is 24.3 Å². The second kappa shape index (κ2) is 6.06. The van der Waals surface area contributed by atoms with Gasteiger partial charge in [-0.05, 0) is 30.4 Å². The van der Waals surface area contributed by atoms with Crippen molar-refractivity contribution >= 4 is 5.97 Å². The van der Waals surface area contributed by atoms with Crippen molar-refractivity contribution in [1.82, 2.24) is 5.32 Å². The molecule has 1 aromatic carbocycles. The maximum atomic E-state index is 11.2. The molecule has 104 valence electrons. The molecular weight excluding hydrogens is 242 g/mol. The lowest BCUT2D eigenvalue weighted by Crippen LogP contribution is -2.42. The Morgan fingerprint density at radius 1 is 1.42 bits per heavy atom. The second-order valence-corrected chi connectivity index (χ2v) is 5.34. The van der Waals surface area contributed by atoms with E-state index in [2.05, 4.69) is 19.2 Å². The van der Waals surface area contributed by atoms with Crippen molar-refractivity contribution in [3.05, 3.63) is 29.8 Å². The van der Waals surface area contributed by atoms with Gasteiger partial charge in [-0.2, -0.15) is 0 Å². The zero-order chi connectivity index (χ0) is 13.8. The predicted octanol–water partition coefficient (Wildman–Crippen LogP) is 2.39. The first-order valence-electron chi connectivity index (χ1n) is 6.78. The fourth-order valence-corrected chi connectivity index (χ4v) is 1.99. The van der Waals surface area contributed by atoms with Gasteiger partial charge in [-0.25, -0.2) is 0 Å². The number of benzene rings is 1. The maximum Gasteiger partial charge on any atom is 0.324 e. The van der Waals surface area contributed by atoms with E-state index in [1.165, 1.54) is 0 Å². The van der Waals surface area contributed by atoms with Gasteiger partial charge in [-0.1, -0.05) is 32.0 Å². The normalized spacial score (nSPS) is 16.4. The number of carbonyl (C=O) groups is 1. The number of hydrogen-bond donors (Lipinski definition) is 2. The molecule has 1 aliphatic carbocycles. The number of para-hydroxylation sites is 1. The topological polar surface area (TPSA) is 58.6 Å². The SMILES string of the molecule is CC(C)c1ccccc1OCC(NC1CC1)C(=O)O. The Morgan fingerprint density at radius 2 is 2.11 bits per heavy atom. The summed E-state index contributed by atoms with van der Waals surface area (Å²) in [6.45, 7) is 4.36. The summed E-state index contributed by atoms with van der Waals surface area (Å²) in [7, 11) is 0. The molecule has 2 rings (SSSR count). The molecule has 1 aliphatic rings. The van der Waals surface area contributed by atoms with Gasteiger partial charge in [0, 0.05) is 6.04 Å². The molecule has 0 aliphatic heterocycles. The third-order valence-corrected chi connectivity index (χ3v) is 3.26. The van der Waals surface area contributed by atoms with Crippen LogP contribution < -0.4 is 10.1 Å². The summed E-state index contributed by atoms with van der Waals surface area (Å²) < 4.78 is 5.71. The fraction of sp³-hybridized carbons (Fsp3) is 0.533. The van der Waals surface area contributed by atoms with E-state index >= 15 is 0 Å². The molecule has 1 saturated carbocycles. The van der Waals surface area contributed by atoms with Gasteiger partial charge in [0.2, 0.25) is 0 Å². The average molecular weight is 263 g/mol. The molecule has 4 nitrogen and oxygen atoms in total. The highest BCUT2D eigenvalue weighted by Gasteiger charge is 2.28. The van der Waals surface area contributed by atoms with E-state index in [0.717, 1.165) is 24.2 Å². The zero-order valence-electron chi connectivity index (χ0n) is 11.4. The number of aliphatic carboxylic acids is 1. The first-order chi connectivity index (χ1) is 9.08. The number of rotatable bonds is 7. The molecule has 0 radical (unpaired) electrons. The van der Waals surface area contributed by atoms with Gasteiger partial charge in [0.05, 0.1) is 0 Å². The highest BCUT2D eigenvalue weighted by molar-refractivity contribution is 5.73. The monoisotopic (exact) mass is 263 g/mol. The fourth-order valence-electron chi connectivity index (χ4n) is 1.99. The van der Waals surface area contributed by atoms with Gasteiger partial charge in [0.15, 0.2) is 0 Å². The molecule has 0 heterocycles. The van der Waals surface area contributed by atoms with E-state index in [0.29, 0.717) is 12.0 Å². The van der Waals surface area contributed by atoms with Crippen LogP contribution in [0.4, 0.5) is 0 Å². The van der Waals surface area contributed by atoms with Gasteiger partial charge in [0.25, 0.3) is 0 Å². The van der Waals surface area contributed by atoms with Crippen LogP contribution in [0.25, 0.3) is 0 Å². The molecule has 1 atom stereocenters. The van der Waals surface area contributed by atoms with Crippen molar-refractivity contribution in [2.45, 2.75) is 44.7 Å². The van der Waals surface area contributed by atoms with E-state index in [1.807, 2.05) is 24.3 Å². The van der Waals surface area contributed by atoms with Crippen molar-refractivity contribution in [3.8, 4) is 5.75 Å². The van der Waals surface area contributed by atoms with Crippen LogP contribution in [0, 0.1) is 0 Å². The smallest absolute Gasteiger partial charge is 0.324 e. The predicted molar refractivity (Wildman–Crippen MR) is 73.6 cm³/mol. The van der Waals surface area contributed by atoms with Gasteiger partial charge in [-0.3, -0.25) is 10.1 Å². The summed E-state index contributed by atoms with van der Waals surface area (Å²) in [6.07, 6.45) is 2.12. The van der Waals surface area contributed by atoms with Crippen LogP contribution in [0.5, 0.6) is 5.75 Å². The van der Waals surface area contributed by atoms with Crippen molar-refractivity contribution < 1.29 is 14.6 Å². The first kappa shape index (κ1) is 13.9. The highest BCUT2D eigenvalue weighted by Crippen LogP contribution is 2.26. The lowest BCUT2D eigenvalue weighted by atomic mass is 10.0. The highest BCUT2D eigenvalue weighted by atomic mass is 16.5. The molecule has 4 heteroatoms. The number of carboxylic acids is 1. The van der Waals surface area contributed by atoms with E-state index in [9.17, 15) is 4.79 Å². The summed E-state index contributed by atoms with van der Waals surface area (Å²) >= 11 is 0. The molecule has 1 fully saturated rings. The van der Waals surface area contributed by atoms with Crippen LogP contribution in [0.1, 0.15) is 38.2 Å². The van der Waals surface area contributed by atoms with Crippen LogP contribution in [-0.2, 0) is 4.79 Å². The van der Waals surface area contributed by atoms with Gasteiger partial charge in [-0.15, -0.1) is 0 Å². The zero-order valence-corrected chi connectivity index (χ0v) is 11.4. The third kappa shape index (κ3) is 3.96. The minimum Gasteiger partial charge on any atom is -0.491 e. The molecule has 0 aromatic heterocycles. The number of ether oxygens (including phenoxy) is 1. The summed E-state index contributed by atoms with van der Waals surface area (Å²) in [5.41, 5.74) is 1.11. The summed E-state index contributed by atoms with van der Waals surface area (Å²) in [5.74, 6) is 0.283. The molecule has 1 aromatic rings. The number of nitrogens with one attached hydrogen (secondary N) is 1. The Balaban J connectivity index is 1.97. The summed E-state index contributed by atoms with van der Waals surface area (Å²) in [6, 6.07) is 7.51. The summed E-state index contributed by atoms with van der Waals surface area (Å²) in [5, 5.41) is 12.2. The summed E-state index contributed by atoms with van der Waals surface area (Å²) in [4.78, 5) is 11.2. The largest absolute Gasteiger partial charge is 0.491 e. The quantitative estimate of drug-likeness (QED) is 0.793. The molecule has 0 amide bonds. The maximum absolute atomic E-state index is 11.2. The molecule has 19 heavy (non-hydrogen) atoms. The Morgan fingerprint density at radius 3 is 2.68 bits per heavy atom. The third-order valence-electron chi connectivity index (χ3n) is 3.26. The van der Waals surface area contributed by atoms with Gasteiger partial charge in [0.1, 0.15) is 18.4 Å². The van der Waals surface area contributed by atoms with Gasteiger partial charge < -0.3 is 9.84 Å². The van der Waals surface area contributed by atoms with E-state index in [4.69, 9.17) is 9.84 Å². The Kier molecular flexibility index (Phi) is 4.43. The van der Waals surface area contributed by atoms with E-state index in [1.54, 1.807) is 0 Å². The van der Waals surface area contributed by atoms with Crippen molar-refractivity contribution in [3.63, 3.8) is 0 Å². The van der Waals surface area contributed by atoms with Crippen LogP contribution in [0.2, 0.25) is 0 Å². The molecule has 2 N–H and O–H groups in total. The molecular formula is C15H21NO3. The molecule has 0 spiro atoms. The van der Waals surface area contributed by atoms with Crippen molar-refractivity contribution in [2.24, 2.45) is 0 Å². The standard InChI is InChI=1S/C15H21NO3/c1-10(2)12-5-3-4-6-14(12)19-9-13(15(17)18)16-11-7-8-11/h3-6,10-11,13,16H,7-9H2,1-2H3,(H,17,18). The Labute approximate surface area is 113 Å². The number of carboxylic acid groups (broad SMARTS) is 1.